The van der Waals surface area contributed by atoms with Crippen molar-refractivity contribution in [2.75, 3.05) is 12.4 Å². The number of aliphatic hydroxyl groups is 1. The van der Waals surface area contributed by atoms with Crippen LogP contribution in [-0.4, -0.2) is 33.1 Å². The van der Waals surface area contributed by atoms with Gasteiger partial charge >= 0.3 is 12.1 Å². The summed E-state index contributed by atoms with van der Waals surface area (Å²) in [4.78, 5) is 24.8. The zero-order valence-corrected chi connectivity index (χ0v) is 21.3. The summed E-state index contributed by atoms with van der Waals surface area (Å²) in [6.45, 7) is 1.87. The lowest BCUT2D eigenvalue weighted by atomic mass is 9.79. The second kappa shape index (κ2) is 9.80. The van der Waals surface area contributed by atoms with Crippen molar-refractivity contribution in [3.05, 3.63) is 87.8 Å². The first-order valence-electron chi connectivity index (χ1n) is 11.8. The molecule has 2 heterocycles. The van der Waals surface area contributed by atoms with Gasteiger partial charge in [-0.1, -0.05) is 12.1 Å². The van der Waals surface area contributed by atoms with E-state index in [4.69, 9.17) is 4.74 Å². The number of alkyl halides is 3. The van der Waals surface area contributed by atoms with Gasteiger partial charge in [0.25, 0.3) is 0 Å². The molecule has 0 radical (unpaired) electrons. The second-order valence-electron chi connectivity index (χ2n) is 9.08. The van der Waals surface area contributed by atoms with Crippen molar-refractivity contribution >= 4 is 28.9 Å². The Morgan fingerprint density at radius 1 is 1.16 bits per heavy atom. The maximum absolute atomic E-state index is 13.0. The van der Waals surface area contributed by atoms with E-state index in [-0.39, 0.29) is 5.95 Å². The van der Waals surface area contributed by atoms with E-state index in [0.717, 1.165) is 46.7 Å². The van der Waals surface area contributed by atoms with Gasteiger partial charge in [0.15, 0.2) is 0 Å². The van der Waals surface area contributed by atoms with Crippen LogP contribution in [0, 0.1) is 6.92 Å². The van der Waals surface area contributed by atoms with Crippen molar-refractivity contribution < 1.29 is 27.8 Å². The number of carbonyl (C=O) groups excluding carboxylic acids is 1. The molecule has 4 aromatic rings. The molecule has 5 rings (SSSR count). The number of halogens is 3. The largest absolute Gasteiger partial charge is 0.465 e. The van der Waals surface area contributed by atoms with Gasteiger partial charge in [-0.3, -0.25) is 0 Å². The Morgan fingerprint density at radius 2 is 1.97 bits per heavy atom. The molecule has 1 unspecified atom stereocenters. The summed E-state index contributed by atoms with van der Waals surface area (Å²) < 4.78 is 43.9. The van der Waals surface area contributed by atoms with Gasteiger partial charge in [0.2, 0.25) is 5.95 Å². The van der Waals surface area contributed by atoms with E-state index in [2.05, 4.69) is 20.3 Å². The summed E-state index contributed by atoms with van der Waals surface area (Å²) in [5.41, 5.74) is 1.85. The molecule has 1 aliphatic rings. The number of nitrogens with zero attached hydrogens (tertiary/aromatic N) is 3. The molecule has 2 aromatic carbocycles. The molecule has 1 atom stereocenters. The van der Waals surface area contributed by atoms with E-state index >= 15 is 0 Å². The number of methoxy groups -OCH3 is 1. The summed E-state index contributed by atoms with van der Waals surface area (Å²) in [6.07, 6.45) is 0.0897. The minimum atomic E-state index is -4.57. The van der Waals surface area contributed by atoms with E-state index in [1.807, 2.05) is 13.0 Å². The third-order valence-electron chi connectivity index (χ3n) is 6.38. The van der Waals surface area contributed by atoms with E-state index < -0.39 is 23.4 Å². The summed E-state index contributed by atoms with van der Waals surface area (Å²) in [7, 11) is 1.33. The van der Waals surface area contributed by atoms with Gasteiger partial charge in [-0.05, 0) is 78.8 Å². The third kappa shape index (κ3) is 4.99. The number of aromatic nitrogens is 3. The molecular formula is C27H23F3N4O3S. The van der Waals surface area contributed by atoms with Crippen molar-refractivity contribution in [3.63, 3.8) is 0 Å². The summed E-state index contributed by atoms with van der Waals surface area (Å²) in [5.74, 6) is -0.598. The number of nitrogens with one attached hydrogen (secondary N) is 1. The molecule has 38 heavy (non-hydrogen) atoms. The van der Waals surface area contributed by atoms with E-state index in [9.17, 15) is 23.1 Å². The lowest BCUT2D eigenvalue weighted by molar-refractivity contribution is -0.141. The molecule has 11 heteroatoms. The summed E-state index contributed by atoms with van der Waals surface area (Å²) >= 11 is 1.34. The van der Waals surface area contributed by atoms with Crippen LogP contribution in [0.3, 0.4) is 0 Å². The quantitative estimate of drug-likeness (QED) is 0.298. The highest BCUT2D eigenvalue weighted by molar-refractivity contribution is 7.15. The average Bonchev–Trinajstić information content (AvgIpc) is 3.39. The number of aryl methyl sites for hydroxylation is 2. The fourth-order valence-electron chi connectivity index (χ4n) is 4.64. The van der Waals surface area contributed by atoms with Crippen LogP contribution in [0.2, 0.25) is 0 Å². The highest BCUT2D eigenvalue weighted by atomic mass is 32.1. The smallest absolute Gasteiger partial charge is 0.433 e. The number of carbonyl (C=O) groups is 1. The Kier molecular flexibility index (Phi) is 6.66. The minimum Gasteiger partial charge on any atom is -0.465 e. The molecule has 0 bridgehead atoms. The van der Waals surface area contributed by atoms with Crippen molar-refractivity contribution in [1.29, 1.82) is 0 Å². The monoisotopic (exact) mass is 540 g/mol. The first-order chi connectivity index (χ1) is 18.1. The molecule has 0 saturated carbocycles. The van der Waals surface area contributed by atoms with E-state index in [1.165, 1.54) is 18.4 Å². The Balaban J connectivity index is 1.45. The summed E-state index contributed by atoms with van der Waals surface area (Å²) in [5, 5.41) is 15.1. The number of thiazole rings is 1. The second-order valence-corrected chi connectivity index (χ2v) is 10.1. The molecule has 1 aliphatic carbocycles. The number of benzene rings is 2. The van der Waals surface area contributed by atoms with Gasteiger partial charge < -0.3 is 15.2 Å². The molecule has 196 valence electrons. The van der Waals surface area contributed by atoms with Crippen LogP contribution in [0.25, 0.3) is 10.4 Å². The molecule has 0 amide bonds. The molecular weight excluding hydrogens is 517 g/mol. The zero-order valence-electron chi connectivity index (χ0n) is 20.5. The molecule has 0 aliphatic heterocycles. The minimum absolute atomic E-state index is 0.166. The van der Waals surface area contributed by atoms with Gasteiger partial charge in [-0.15, -0.1) is 11.3 Å². The SMILES string of the molecule is COC(=O)c1ccc2c(c1)CCCC2(O)c1ncc(-c2cc(C)cc(Nc3nccc(C(F)(F)F)n3)c2)s1. The number of hydrogen-bond donors (Lipinski definition) is 2. The number of fused-ring (bicyclic) bond motifs is 1. The predicted octanol–water partition coefficient (Wildman–Crippen LogP) is 6.03. The van der Waals surface area contributed by atoms with Gasteiger partial charge in [-0.25, -0.2) is 19.7 Å². The number of ether oxygens (including phenoxy) is 1. The van der Waals surface area contributed by atoms with Gasteiger partial charge in [0.05, 0.1) is 17.6 Å². The van der Waals surface area contributed by atoms with Crippen molar-refractivity contribution in [3.8, 4) is 10.4 Å². The van der Waals surface area contributed by atoms with Crippen LogP contribution in [0.4, 0.5) is 24.8 Å². The Hall–Kier alpha value is -3.83. The lowest BCUT2D eigenvalue weighted by Gasteiger charge is -2.33. The van der Waals surface area contributed by atoms with Crippen LogP contribution in [0.15, 0.2) is 54.9 Å². The Morgan fingerprint density at radius 3 is 2.74 bits per heavy atom. The number of anilines is 2. The first-order valence-corrected chi connectivity index (χ1v) is 12.6. The molecule has 7 nitrogen and oxygen atoms in total. The average molecular weight is 541 g/mol. The molecule has 2 N–H and O–H groups in total. The lowest BCUT2D eigenvalue weighted by Crippen LogP contribution is -2.32. The zero-order chi connectivity index (χ0) is 27.1. The van der Waals surface area contributed by atoms with E-state index in [0.29, 0.717) is 28.2 Å². The van der Waals surface area contributed by atoms with Gasteiger partial charge in [0, 0.05) is 18.1 Å². The van der Waals surface area contributed by atoms with Crippen LogP contribution in [-0.2, 0) is 22.9 Å². The van der Waals surface area contributed by atoms with Gasteiger partial charge in [-0.2, -0.15) is 13.2 Å². The topological polar surface area (TPSA) is 97.2 Å². The van der Waals surface area contributed by atoms with Crippen LogP contribution in [0.1, 0.15) is 50.6 Å². The Labute approximate surface area is 220 Å². The normalized spacial score (nSPS) is 17.1. The maximum Gasteiger partial charge on any atom is 0.433 e. The maximum atomic E-state index is 13.0. The highest BCUT2D eigenvalue weighted by Gasteiger charge is 2.39. The van der Waals surface area contributed by atoms with Gasteiger partial charge in [0.1, 0.15) is 16.3 Å². The number of rotatable bonds is 5. The molecule has 0 fully saturated rings. The van der Waals surface area contributed by atoms with Crippen LogP contribution in [0.5, 0.6) is 0 Å². The molecule has 0 spiro atoms. The molecule has 2 aromatic heterocycles. The van der Waals surface area contributed by atoms with Crippen molar-refractivity contribution in [1.82, 2.24) is 15.0 Å². The van der Waals surface area contributed by atoms with Crippen molar-refractivity contribution in [2.24, 2.45) is 0 Å². The standard InChI is InChI=1S/C27H23F3N4O3S/c1-15-10-18(13-19(11-15)33-25-31-9-7-22(34-25)27(28,29)30)21-14-32-24(38-21)26(36)8-3-4-16-12-17(23(35)37-2)5-6-20(16)26/h5-7,9-14,36H,3-4,8H2,1-2H3,(H,31,33,34). The fourth-order valence-corrected chi connectivity index (χ4v) is 5.68. The highest BCUT2D eigenvalue weighted by Crippen LogP contribution is 2.44. The first kappa shape index (κ1) is 25.8. The summed E-state index contributed by atoms with van der Waals surface area (Å²) in [6, 6.07) is 11.4. The van der Waals surface area contributed by atoms with Crippen LogP contribution < -0.4 is 5.32 Å². The number of esters is 1. The van der Waals surface area contributed by atoms with Crippen LogP contribution >= 0.6 is 11.3 Å². The Bertz CT molecular complexity index is 1520. The predicted molar refractivity (Wildman–Crippen MR) is 136 cm³/mol. The number of hydrogen-bond acceptors (Lipinski definition) is 8. The third-order valence-corrected chi connectivity index (χ3v) is 7.58. The fraction of sp³-hybridized carbons (Fsp3) is 0.259. The van der Waals surface area contributed by atoms with E-state index in [1.54, 1.807) is 36.5 Å². The molecule has 0 saturated heterocycles. The van der Waals surface area contributed by atoms with Crippen molar-refractivity contribution in [2.45, 2.75) is 38.0 Å².